The number of nitrogens with zero attached hydrogens (tertiary/aromatic N) is 2. The van der Waals surface area contributed by atoms with Crippen molar-refractivity contribution in [2.45, 2.75) is 6.54 Å². The standard InChI is InChI=1S/C19H17FN4O2/c1-26-17-9-5-2-6-13(17)12-21-18-11-10-16(23-24-18)19(25)22-15-8-4-3-7-14(15)20/h2-11H,12H2,1H3,(H,21,24)(H,22,25). The van der Waals surface area contributed by atoms with Crippen molar-refractivity contribution in [1.82, 2.24) is 10.2 Å². The number of para-hydroxylation sites is 2. The highest BCUT2D eigenvalue weighted by Gasteiger charge is 2.11. The third-order valence-electron chi connectivity index (χ3n) is 3.67. The Bertz CT molecular complexity index is 900. The molecule has 7 heteroatoms. The van der Waals surface area contributed by atoms with Crippen LogP contribution in [-0.4, -0.2) is 23.2 Å². The normalized spacial score (nSPS) is 10.2. The Hall–Kier alpha value is -3.48. The number of nitrogens with one attached hydrogen (secondary N) is 2. The average molecular weight is 352 g/mol. The molecule has 0 atom stereocenters. The number of anilines is 2. The molecule has 0 unspecified atom stereocenters. The van der Waals surface area contributed by atoms with E-state index in [9.17, 15) is 9.18 Å². The number of rotatable bonds is 6. The molecule has 0 spiro atoms. The maximum atomic E-state index is 13.6. The quantitative estimate of drug-likeness (QED) is 0.710. The average Bonchev–Trinajstić information content (AvgIpc) is 2.68. The van der Waals surface area contributed by atoms with Crippen LogP contribution in [0.4, 0.5) is 15.9 Å². The first kappa shape index (κ1) is 17.3. The second kappa shape index (κ2) is 8.06. The summed E-state index contributed by atoms with van der Waals surface area (Å²) in [7, 11) is 1.61. The zero-order valence-corrected chi connectivity index (χ0v) is 14.1. The number of aromatic nitrogens is 2. The summed E-state index contributed by atoms with van der Waals surface area (Å²) in [5.41, 5.74) is 1.16. The van der Waals surface area contributed by atoms with E-state index in [2.05, 4.69) is 20.8 Å². The van der Waals surface area contributed by atoms with E-state index in [0.717, 1.165) is 11.3 Å². The van der Waals surface area contributed by atoms with Gasteiger partial charge in [0.1, 0.15) is 17.4 Å². The van der Waals surface area contributed by atoms with E-state index >= 15 is 0 Å². The smallest absolute Gasteiger partial charge is 0.276 e. The van der Waals surface area contributed by atoms with Gasteiger partial charge in [0.15, 0.2) is 5.69 Å². The van der Waals surface area contributed by atoms with E-state index < -0.39 is 11.7 Å². The van der Waals surface area contributed by atoms with Gasteiger partial charge in [-0.1, -0.05) is 30.3 Å². The number of amides is 1. The molecule has 0 saturated carbocycles. The number of ether oxygens (including phenoxy) is 1. The predicted molar refractivity (Wildman–Crippen MR) is 96.7 cm³/mol. The van der Waals surface area contributed by atoms with Crippen LogP contribution in [0.15, 0.2) is 60.7 Å². The molecule has 0 aliphatic heterocycles. The van der Waals surface area contributed by atoms with Crippen LogP contribution < -0.4 is 15.4 Å². The third-order valence-corrected chi connectivity index (χ3v) is 3.67. The lowest BCUT2D eigenvalue weighted by Crippen LogP contribution is -2.15. The summed E-state index contributed by atoms with van der Waals surface area (Å²) < 4.78 is 18.9. The molecule has 0 aliphatic carbocycles. The van der Waals surface area contributed by atoms with Crippen LogP contribution >= 0.6 is 0 Å². The van der Waals surface area contributed by atoms with Gasteiger partial charge in [-0.05, 0) is 30.3 Å². The van der Waals surface area contributed by atoms with Crippen molar-refractivity contribution in [2.75, 3.05) is 17.7 Å². The largest absolute Gasteiger partial charge is 0.496 e. The summed E-state index contributed by atoms with van der Waals surface area (Å²) in [4.78, 5) is 12.1. The highest BCUT2D eigenvalue weighted by Crippen LogP contribution is 2.18. The molecule has 0 saturated heterocycles. The third kappa shape index (κ3) is 4.13. The number of methoxy groups -OCH3 is 1. The van der Waals surface area contributed by atoms with Crippen LogP contribution in [0.25, 0.3) is 0 Å². The molecule has 1 aromatic heterocycles. The topological polar surface area (TPSA) is 76.1 Å². The van der Waals surface area contributed by atoms with E-state index in [1.54, 1.807) is 25.3 Å². The van der Waals surface area contributed by atoms with Crippen LogP contribution in [0.1, 0.15) is 16.1 Å². The molecule has 2 aromatic carbocycles. The predicted octanol–water partition coefficient (Wildman–Crippen LogP) is 3.49. The molecule has 132 valence electrons. The van der Waals surface area contributed by atoms with Crippen LogP contribution in [-0.2, 0) is 6.54 Å². The fourth-order valence-electron chi connectivity index (χ4n) is 2.33. The van der Waals surface area contributed by atoms with Crippen molar-refractivity contribution < 1.29 is 13.9 Å². The lowest BCUT2D eigenvalue weighted by molar-refractivity contribution is 0.102. The van der Waals surface area contributed by atoms with Gasteiger partial charge in [-0.15, -0.1) is 10.2 Å². The zero-order valence-electron chi connectivity index (χ0n) is 14.1. The van der Waals surface area contributed by atoms with E-state index in [-0.39, 0.29) is 11.4 Å². The van der Waals surface area contributed by atoms with Gasteiger partial charge in [-0.2, -0.15) is 0 Å². The summed E-state index contributed by atoms with van der Waals surface area (Å²) >= 11 is 0. The van der Waals surface area contributed by atoms with Gasteiger partial charge in [-0.25, -0.2) is 4.39 Å². The lowest BCUT2D eigenvalue weighted by atomic mass is 10.2. The maximum Gasteiger partial charge on any atom is 0.276 e. The second-order valence-electron chi connectivity index (χ2n) is 5.40. The molecule has 0 bridgehead atoms. The summed E-state index contributed by atoms with van der Waals surface area (Å²) in [5.74, 6) is 0.245. The van der Waals surface area contributed by atoms with Gasteiger partial charge in [0.25, 0.3) is 5.91 Å². The molecule has 3 rings (SSSR count). The Morgan fingerprint density at radius 2 is 1.81 bits per heavy atom. The van der Waals surface area contributed by atoms with Crippen molar-refractivity contribution in [3.05, 3.63) is 77.7 Å². The zero-order chi connectivity index (χ0) is 18.4. The highest BCUT2D eigenvalue weighted by molar-refractivity contribution is 6.02. The fraction of sp³-hybridized carbons (Fsp3) is 0.105. The van der Waals surface area contributed by atoms with Gasteiger partial charge in [0, 0.05) is 12.1 Å². The number of hydrogen-bond donors (Lipinski definition) is 2. The molecule has 2 N–H and O–H groups in total. The van der Waals surface area contributed by atoms with Crippen LogP contribution in [0.3, 0.4) is 0 Å². The first-order valence-corrected chi connectivity index (χ1v) is 7.93. The highest BCUT2D eigenvalue weighted by atomic mass is 19.1. The minimum atomic E-state index is -0.529. The van der Waals surface area contributed by atoms with Gasteiger partial charge in [0.2, 0.25) is 0 Å². The van der Waals surface area contributed by atoms with Crippen molar-refractivity contribution in [2.24, 2.45) is 0 Å². The molecule has 26 heavy (non-hydrogen) atoms. The van der Waals surface area contributed by atoms with Crippen molar-refractivity contribution in [3.8, 4) is 5.75 Å². The summed E-state index contributed by atoms with van der Waals surface area (Å²) in [6.45, 7) is 0.499. The number of hydrogen-bond acceptors (Lipinski definition) is 5. The van der Waals surface area contributed by atoms with E-state index in [1.165, 1.54) is 18.2 Å². The molecular weight excluding hydrogens is 335 g/mol. The number of halogens is 1. The molecule has 0 radical (unpaired) electrons. The molecule has 1 heterocycles. The van der Waals surface area contributed by atoms with Gasteiger partial charge in [0.05, 0.1) is 12.8 Å². The van der Waals surface area contributed by atoms with Crippen LogP contribution in [0, 0.1) is 5.82 Å². The Labute approximate surface area is 150 Å². The molecule has 3 aromatic rings. The van der Waals surface area contributed by atoms with E-state index in [4.69, 9.17) is 4.74 Å². The van der Waals surface area contributed by atoms with Crippen LogP contribution in [0.2, 0.25) is 0 Å². The molecule has 6 nitrogen and oxygen atoms in total. The molecule has 0 aliphatic rings. The summed E-state index contributed by atoms with van der Waals surface area (Å²) in [6, 6.07) is 16.7. The Balaban J connectivity index is 1.63. The monoisotopic (exact) mass is 352 g/mol. The molecule has 0 fully saturated rings. The van der Waals surface area contributed by atoms with Crippen LogP contribution in [0.5, 0.6) is 5.75 Å². The fourth-order valence-corrected chi connectivity index (χ4v) is 2.33. The molecule has 1 amide bonds. The number of carbonyl (C=O) groups excluding carboxylic acids is 1. The van der Waals surface area contributed by atoms with Crippen molar-refractivity contribution >= 4 is 17.4 Å². The Kier molecular flexibility index (Phi) is 5.38. The summed E-state index contributed by atoms with van der Waals surface area (Å²) in [6.07, 6.45) is 0. The van der Waals surface area contributed by atoms with Crippen molar-refractivity contribution in [3.63, 3.8) is 0 Å². The van der Waals surface area contributed by atoms with Gasteiger partial charge in [-0.3, -0.25) is 4.79 Å². The Morgan fingerprint density at radius 1 is 1.04 bits per heavy atom. The minimum absolute atomic E-state index is 0.0936. The maximum absolute atomic E-state index is 13.6. The SMILES string of the molecule is COc1ccccc1CNc1ccc(C(=O)Nc2ccccc2F)nn1. The van der Waals surface area contributed by atoms with Gasteiger partial charge < -0.3 is 15.4 Å². The number of carbonyl (C=O) groups is 1. The first-order valence-electron chi connectivity index (χ1n) is 7.93. The van der Waals surface area contributed by atoms with Crippen molar-refractivity contribution in [1.29, 1.82) is 0 Å². The van der Waals surface area contributed by atoms with E-state index in [1.807, 2.05) is 24.3 Å². The number of benzene rings is 2. The summed E-state index contributed by atoms with van der Waals surface area (Å²) in [5, 5.41) is 13.4. The first-order chi connectivity index (χ1) is 12.7. The van der Waals surface area contributed by atoms with Gasteiger partial charge >= 0.3 is 0 Å². The van der Waals surface area contributed by atoms with E-state index in [0.29, 0.717) is 12.4 Å². The Morgan fingerprint density at radius 3 is 2.54 bits per heavy atom. The second-order valence-corrected chi connectivity index (χ2v) is 5.40. The molecular formula is C19H17FN4O2. The lowest BCUT2D eigenvalue weighted by Gasteiger charge is -2.10. The minimum Gasteiger partial charge on any atom is -0.496 e.